The van der Waals surface area contributed by atoms with Crippen LogP contribution in [0.25, 0.3) is 0 Å². The van der Waals surface area contributed by atoms with E-state index in [1.165, 1.54) is 13.0 Å². The summed E-state index contributed by atoms with van der Waals surface area (Å²) in [6.07, 6.45) is 0. The highest BCUT2D eigenvalue weighted by Gasteiger charge is 2.21. The quantitative estimate of drug-likeness (QED) is 0.853. The molecule has 0 aliphatic rings. The molecule has 0 atom stereocenters. The number of nitrogens with one attached hydrogen (secondary N) is 1. The number of aryl methyl sites for hydroxylation is 2. The summed E-state index contributed by atoms with van der Waals surface area (Å²) in [5, 5.41) is 0. The predicted molar refractivity (Wildman–Crippen MR) is 80.1 cm³/mol. The molecule has 0 aliphatic heterocycles. The maximum absolute atomic E-state index is 13.7. The van der Waals surface area contributed by atoms with E-state index < -0.39 is 15.8 Å². The fourth-order valence-electron chi connectivity index (χ4n) is 1.95. The van der Waals surface area contributed by atoms with Crippen LogP contribution in [0.2, 0.25) is 0 Å². The summed E-state index contributed by atoms with van der Waals surface area (Å²) >= 11 is 0. The van der Waals surface area contributed by atoms with E-state index >= 15 is 0 Å². The van der Waals surface area contributed by atoms with Gasteiger partial charge in [-0.1, -0.05) is 0 Å². The van der Waals surface area contributed by atoms with Crippen LogP contribution in [0, 0.1) is 26.6 Å². The van der Waals surface area contributed by atoms with Crippen molar-refractivity contribution in [2.75, 3.05) is 10.5 Å². The number of rotatable bonds is 3. The number of pyridine rings is 1. The van der Waals surface area contributed by atoms with Crippen LogP contribution in [0.15, 0.2) is 29.2 Å². The summed E-state index contributed by atoms with van der Waals surface area (Å²) in [7, 11) is -3.93. The Morgan fingerprint density at radius 2 is 1.86 bits per heavy atom. The Labute approximate surface area is 123 Å². The zero-order valence-corrected chi connectivity index (χ0v) is 12.8. The van der Waals surface area contributed by atoms with E-state index in [-0.39, 0.29) is 16.1 Å². The van der Waals surface area contributed by atoms with Crippen molar-refractivity contribution in [3.05, 3.63) is 47.0 Å². The summed E-state index contributed by atoms with van der Waals surface area (Å²) in [5.41, 5.74) is 7.27. The Hall–Kier alpha value is -2.15. The van der Waals surface area contributed by atoms with Crippen molar-refractivity contribution in [3.8, 4) is 0 Å². The Kier molecular flexibility index (Phi) is 3.87. The summed E-state index contributed by atoms with van der Waals surface area (Å²) in [6, 6.07) is 5.63. The van der Waals surface area contributed by atoms with Gasteiger partial charge in [-0.2, -0.15) is 0 Å². The summed E-state index contributed by atoms with van der Waals surface area (Å²) in [6.45, 7) is 4.89. The van der Waals surface area contributed by atoms with Crippen molar-refractivity contribution in [1.29, 1.82) is 0 Å². The van der Waals surface area contributed by atoms with Crippen LogP contribution in [0.4, 0.5) is 15.8 Å². The van der Waals surface area contributed by atoms with Crippen LogP contribution in [-0.4, -0.2) is 13.4 Å². The highest BCUT2D eigenvalue weighted by Crippen LogP contribution is 2.25. The molecule has 112 valence electrons. The van der Waals surface area contributed by atoms with Crippen molar-refractivity contribution in [3.63, 3.8) is 0 Å². The molecule has 1 aromatic carbocycles. The van der Waals surface area contributed by atoms with Gasteiger partial charge in [-0.05, 0) is 45.0 Å². The van der Waals surface area contributed by atoms with Crippen molar-refractivity contribution >= 4 is 21.4 Å². The largest absolute Gasteiger partial charge is 0.399 e. The average molecular weight is 309 g/mol. The molecule has 0 saturated heterocycles. The van der Waals surface area contributed by atoms with Gasteiger partial charge in [0.2, 0.25) is 0 Å². The van der Waals surface area contributed by atoms with Crippen molar-refractivity contribution in [2.24, 2.45) is 0 Å². The zero-order chi connectivity index (χ0) is 15.8. The molecule has 5 nitrogen and oxygen atoms in total. The number of benzene rings is 1. The molecule has 21 heavy (non-hydrogen) atoms. The number of nitrogens with zero attached hydrogens (tertiary/aromatic N) is 1. The van der Waals surface area contributed by atoms with Crippen molar-refractivity contribution < 1.29 is 12.8 Å². The smallest absolute Gasteiger partial charge is 0.262 e. The van der Waals surface area contributed by atoms with Crippen molar-refractivity contribution in [2.45, 2.75) is 25.7 Å². The molecule has 0 unspecified atom stereocenters. The Bertz CT molecular complexity index is 804. The minimum absolute atomic E-state index is 0.0226. The molecule has 0 bridgehead atoms. The fraction of sp³-hybridized carbons (Fsp3) is 0.214. The lowest BCUT2D eigenvalue weighted by atomic mass is 10.2. The molecule has 0 saturated carbocycles. The van der Waals surface area contributed by atoms with Gasteiger partial charge in [-0.3, -0.25) is 9.71 Å². The number of hydrogen-bond donors (Lipinski definition) is 2. The SMILES string of the molecule is Cc1ccc(NS(=O)(=O)c2cc(N)cc(F)c2C)c(C)n1. The topological polar surface area (TPSA) is 85.1 Å². The summed E-state index contributed by atoms with van der Waals surface area (Å²) in [4.78, 5) is 4.00. The first-order valence-electron chi connectivity index (χ1n) is 6.23. The second kappa shape index (κ2) is 5.33. The minimum atomic E-state index is -3.93. The Balaban J connectivity index is 2.48. The molecular formula is C14H16FN3O2S. The highest BCUT2D eigenvalue weighted by molar-refractivity contribution is 7.92. The van der Waals surface area contributed by atoms with Crippen LogP contribution >= 0.6 is 0 Å². The maximum Gasteiger partial charge on any atom is 0.262 e. The lowest BCUT2D eigenvalue weighted by Gasteiger charge is -2.13. The number of aromatic nitrogens is 1. The zero-order valence-electron chi connectivity index (χ0n) is 11.9. The standard InChI is InChI=1S/C14H16FN3O2S/c1-8-4-5-13(10(3)17-8)18-21(19,20)14-7-11(16)6-12(15)9(14)2/h4-7,18H,16H2,1-3H3. The molecule has 0 radical (unpaired) electrons. The lowest BCUT2D eigenvalue weighted by molar-refractivity contribution is 0.591. The van der Waals surface area contributed by atoms with E-state index in [0.29, 0.717) is 11.4 Å². The molecule has 0 spiro atoms. The third kappa shape index (κ3) is 3.13. The Morgan fingerprint density at radius 1 is 1.19 bits per heavy atom. The molecule has 0 fully saturated rings. The molecule has 3 N–H and O–H groups in total. The normalized spacial score (nSPS) is 11.4. The predicted octanol–water partition coefficient (Wildman–Crippen LogP) is 2.53. The van der Waals surface area contributed by atoms with Crippen LogP contribution in [0.1, 0.15) is 17.0 Å². The van der Waals surface area contributed by atoms with Crippen LogP contribution in [-0.2, 0) is 10.0 Å². The van der Waals surface area contributed by atoms with Gasteiger partial charge in [0.1, 0.15) is 5.82 Å². The number of nitrogens with two attached hydrogens (primary N) is 1. The highest BCUT2D eigenvalue weighted by atomic mass is 32.2. The number of sulfonamides is 1. The Morgan fingerprint density at radius 3 is 2.48 bits per heavy atom. The molecule has 1 aromatic heterocycles. The number of hydrogen-bond acceptors (Lipinski definition) is 4. The molecule has 7 heteroatoms. The van der Waals surface area contributed by atoms with Gasteiger partial charge in [0.15, 0.2) is 0 Å². The molecule has 1 heterocycles. The van der Waals surface area contributed by atoms with E-state index in [0.717, 1.165) is 11.8 Å². The fourth-order valence-corrected chi connectivity index (χ4v) is 3.35. The summed E-state index contributed by atoms with van der Waals surface area (Å²) in [5.74, 6) is -0.658. The van der Waals surface area contributed by atoms with Gasteiger partial charge in [0.05, 0.1) is 16.3 Å². The van der Waals surface area contributed by atoms with E-state index in [2.05, 4.69) is 9.71 Å². The van der Waals surface area contributed by atoms with E-state index in [1.807, 2.05) is 6.92 Å². The first-order chi connectivity index (χ1) is 9.70. The third-order valence-electron chi connectivity index (χ3n) is 3.08. The maximum atomic E-state index is 13.7. The number of anilines is 2. The number of halogens is 1. The van der Waals surface area contributed by atoms with Crippen LogP contribution in [0.5, 0.6) is 0 Å². The second-order valence-electron chi connectivity index (χ2n) is 4.82. The van der Waals surface area contributed by atoms with E-state index in [9.17, 15) is 12.8 Å². The van der Waals surface area contributed by atoms with Gasteiger partial charge >= 0.3 is 0 Å². The van der Waals surface area contributed by atoms with Gasteiger partial charge in [0.25, 0.3) is 10.0 Å². The monoisotopic (exact) mass is 309 g/mol. The van der Waals surface area contributed by atoms with Crippen LogP contribution < -0.4 is 10.5 Å². The minimum Gasteiger partial charge on any atom is -0.399 e. The van der Waals surface area contributed by atoms with Gasteiger partial charge < -0.3 is 5.73 Å². The van der Waals surface area contributed by atoms with Gasteiger partial charge in [0, 0.05) is 16.9 Å². The molecular weight excluding hydrogens is 293 g/mol. The molecule has 2 rings (SSSR count). The van der Waals surface area contributed by atoms with Crippen molar-refractivity contribution in [1.82, 2.24) is 4.98 Å². The van der Waals surface area contributed by atoms with Gasteiger partial charge in [-0.25, -0.2) is 12.8 Å². The first-order valence-corrected chi connectivity index (χ1v) is 7.71. The molecule has 0 amide bonds. The summed E-state index contributed by atoms with van der Waals surface area (Å²) < 4.78 is 40.9. The van der Waals surface area contributed by atoms with E-state index in [4.69, 9.17) is 5.73 Å². The van der Waals surface area contributed by atoms with E-state index in [1.54, 1.807) is 19.1 Å². The van der Waals surface area contributed by atoms with Gasteiger partial charge in [-0.15, -0.1) is 0 Å². The second-order valence-corrected chi connectivity index (χ2v) is 6.47. The van der Waals surface area contributed by atoms with Crippen LogP contribution in [0.3, 0.4) is 0 Å². The number of nitrogen functional groups attached to an aromatic ring is 1. The lowest BCUT2D eigenvalue weighted by Crippen LogP contribution is -2.16. The molecule has 2 aromatic rings. The average Bonchev–Trinajstić information content (AvgIpc) is 2.37. The first kappa shape index (κ1) is 15.2. The molecule has 0 aliphatic carbocycles. The third-order valence-corrected chi connectivity index (χ3v) is 4.57.